The second-order valence-corrected chi connectivity index (χ2v) is 14.5. The minimum atomic E-state index is -0.132. The molecule has 1 aliphatic carbocycles. The highest BCUT2D eigenvalue weighted by molar-refractivity contribution is 6.17. The Morgan fingerprint density at radius 1 is 0.434 bits per heavy atom. The van der Waals surface area contributed by atoms with Crippen LogP contribution in [0.2, 0.25) is 0 Å². The lowest BCUT2D eigenvalue weighted by atomic mass is 9.82. The predicted molar refractivity (Wildman–Crippen MR) is 215 cm³/mol. The fourth-order valence-electron chi connectivity index (χ4n) is 8.43. The van der Waals surface area contributed by atoms with Gasteiger partial charge in [0.1, 0.15) is 11.2 Å². The molecule has 5 nitrogen and oxygen atoms in total. The molecule has 0 amide bonds. The van der Waals surface area contributed by atoms with Gasteiger partial charge in [0.05, 0.1) is 11.0 Å². The van der Waals surface area contributed by atoms with Gasteiger partial charge in [-0.15, -0.1) is 0 Å². The van der Waals surface area contributed by atoms with E-state index in [1.165, 1.54) is 38.5 Å². The molecule has 0 aliphatic heterocycles. The number of furan rings is 1. The Bertz CT molecular complexity index is 3080. The second kappa shape index (κ2) is 11.1. The molecule has 3 heterocycles. The number of fused-ring (bicyclic) bond motifs is 9. The highest BCUT2D eigenvalue weighted by Crippen LogP contribution is 2.49. The van der Waals surface area contributed by atoms with Crippen molar-refractivity contribution in [3.05, 3.63) is 169 Å². The molecule has 5 heteroatoms. The molecule has 0 N–H and O–H groups in total. The minimum Gasteiger partial charge on any atom is -0.456 e. The Balaban J connectivity index is 1.08. The van der Waals surface area contributed by atoms with E-state index < -0.39 is 0 Å². The first kappa shape index (κ1) is 29.8. The third-order valence-corrected chi connectivity index (χ3v) is 11.0. The number of para-hydroxylation sites is 2. The monoisotopic (exact) mass is 680 g/mol. The number of rotatable bonds is 4. The quantitative estimate of drug-likeness (QED) is 0.186. The number of benzene rings is 7. The van der Waals surface area contributed by atoms with Crippen molar-refractivity contribution in [2.45, 2.75) is 19.3 Å². The van der Waals surface area contributed by atoms with Gasteiger partial charge in [0.2, 0.25) is 0 Å². The molecule has 250 valence electrons. The molecule has 0 atom stereocenters. The van der Waals surface area contributed by atoms with Crippen molar-refractivity contribution in [1.82, 2.24) is 19.5 Å². The first-order chi connectivity index (χ1) is 26.0. The summed E-state index contributed by atoms with van der Waals surface area (Å²) in [6.07, 6.45) is 0. The Labute approximate surface area is 305 Å². The van der Waals surface area contributed by atoms with Crippen LogP contribution in [0.3, 0.4) is 0 Å². The summed E-state index contributed by atoms with van der Waals surface area (Å²) in [6, 6.07) is 55.3. The third-order valence-electron chi connectivity index (χ3n) is 11.0. The van der Waals surface area contributed by atoms with Gasteiger partial charge >= 0.3 is 0 Å². The van der Waals surface area contributed by atoms with Crippen molar-refractivity contribution in [3.8, 4) is 51.0 Å². The van der Waals surface area contributed by atoms with Gasteiger partial charge in [0, 0.05) is 55.4 Å². The minimum absolute atomic E-state index is 0.132. The average Bonchev–Trinajstić information content (AvgIpc) is 3.81. The Morgan fingerprint density at radius 2 is 1.06 bits per heavy atom. The molecule has 0 radical (unpaired) electrons. The number of nitrogens with zero attached hydrogens (tertiary/aromatic N) is 4. The third kappa shape index (κ3) is 4.47. The van der Waals surface area contributed by atoms with Gasteiger partial charge in [0.25, 0.3) is 0 Å². The molecule has 11 rings (SSSR count). The van der Waals surface area contributed by atoms with Crippen LogP contribution in [0.1, 0.15) is 25.0 Å². The zero-order valence-electron chi connectivity index (χ0n) is 29.2. The maximum absolute atomic E-state index is 6.66. The van der Waals surface area contributed by atoms with E-state index in [-0.39, 0.29) is 5.41 Å². The molecule has 0 spiro atoms. The highest BCUT2D eigenvalue weighted by Gasteiger charge is 2.35. The lowest BCUT2D eigenvalue weighted by Crippen LogP contribution is -2.15. The van der Waals surface area contributed by atoms with Crippen molar-refractivity contribution in [3.63, 3.8) is 0 Å². The number of aromatic nitrogens is 4. The maximum atomic E-state index is 6.66. The van der Waals surface area contributed by atoms with Gasteiger partial charge in [-0.25, -0.2) is 15.0 Å². The van der Waals surface area contributed by atoms with E-state index in [0.717, 1.165) is 49.8 Å². The molecule has 0 unspecified atom stereocenters. The van der Waals surface area contributed by atoms with Crippen LogP contribution in [0.5, 0.6) is 0 Å². The Hall–Kier alpha value is -6.85. The predicted octanol–water partition coefficient (Wildman–Crippen LogP) is 12.2. The fraction of sp³-hybridized carbons (Fsp3) is 0.0625. The van der Waals surface area contributed by atoms with Crippen LogP contribution >= 0.6 is 0 Å². The molecule has 0 saturated carbocycles. The summed E-state index contributed by atoms with van der Waals surface area (Å²) < 4.78 is 8.98. The smallest absolute Gasteiger partial charge is 0.164 e. The topological polar surface area (TPSA) is 56.7 Å². The maximum Gasteiger partial charge on any atom is 0.164 e. The normalized spacial score (nSPS) is 13.2. The first-order valence-corrected chi connectivity index (χ1v) is 18.0. The van der Waals surface area contributed by atoms with Crippen molar-refractivity contribution >= 4 is 43.7 Å². The van der Waals surface area contributed by atoms with Gasteiger partial charge < -0.3 is 8.98 Å². The molecule has 1 aliphatic rings. The van der Waals surface area contributed by atoms with Crippen molar-refractivity contribution < 1.29 is 4.42 Å². The van der Waals surface area contributed by atoms with E-state index in [9.17, 15) is 0 Å². The molecule has 0 fully saturated rings. The molecule has 0 bridgehead atoms. The van der Waals surface area contributed by atoms with Gasteiger partial charge in [0.15, 0.2) is 17.5 Å². The van der Waals surface area contributed by atoms with Gasteiger partial charge in [-0.05, 0) is 64.7 Å². The van der Waals surface area contributed by atoms with Crippen molar-refractivity contribution in [2.75, 3.05) is 0 Å². The van der Waals surface area contributed by atoms with E-state index in [4.69, 9.17) is 19.4 Å². The summed E-state index contributed by atoms with van der Waals surface area (Å²) in [7, 11) is 0. The zero-order valence-corrected chi connectivity index (χ0v) is 29.2. The molecule has 10 aromatic rings. The van der Waals surface area contributed by atoms with Crippen LogP contribution in [0, 0.1) is 0 Å². The number of hydrogen-bond acceptors (Lipinski definition) is 4. The molecular weight excluding hydrogens is 649 g/mol. The second-order valence-electron chi connectivity index (χ2n) is 14.5. The lowest BCUT2D eigenvalue weighted by molar-refractivity contribution is 0.660. The Kier molecular flexibility index (Phi) is 6.23. The van der Waals surface area contributed by atoms with E-state index in [1.807, 2.05) is 30.3 Å². The molecule has 3 aromatic heterocycles. The van der Waals surface area contributed by atoms with Gasteiger partial charge in [-0.3, -0.25) is 0 Å². The van der Waals surface area contributed by atoms with Crippen LogP contribution in [-0.4, -0.2) is 19.5 Å². The van der Waals surface area contributed by atoms with Gasteiger partial charge in [-0.2, -0.15) is 0 Å². The molecule has 53 heavy (non-hydrogen) atoms. The van der Waals surface area contributed by atoms with E-state index in [0.29, 0.717) is 17.5 Å². The van der Waals surface area contributed by atoms with Gasteiger partial charge in [-0.1, -0.05) is 123 Å². The molecule has 0 saturated heterocycles. The summed E-state index contributed by atoms with van der Waals surface area (Å²) >= 11 is 0. The first-order valence-electron chi connectivity index (χ1n) is 18.0. The van der Waals surface area contributed by atoms with E-state index >= 15 is 0 Å². The summed E-state index contributed by atoms with van der Waals surface area (Å²) in [5, 5.41) is 4.54. The number of hydrogen-bond donors (Lipinski definition) is 0. The summed E-state index contributed by atoms with van der Waals surface area (Å²) in [5.41, 5.74) is 12.9. The summed E-state index contributed by atoms with van der Waals surface area (Å²) in [5.74, 6) is 1.88. The molecular formula is C48H32N4O. The van der Waals surface area contributed by atoms with Crippen molar-refractivity contribution in [2.24, 2.45) is 0 Å². The SMILES string of the molecule is CC1(C)c2ccccc2-c2ccc(-c3nc(-c4ccccc4)nc(-c4ccc5c(c4)oc4cc6c(cc45)c4ccccc4n6-c4ccccc4)n3)cc21. The fourth-order valence-corrected chi connectivity index (χ4v) is 8.43. The van der Waals surface area contributed by atoms with Crippen LogP contribution < -0.4 is 0 Å². The van der Waals surface area contributed by atoms with Crippen molar-refractivity contribution in [1.29, 1.82) is 0 Å². The summed E-state index contributed by atoms with van der Waals surface area (Å²) in [4.78, 5) is 15.2. The molecule has 7 aromatic carbocycles. The Morgan fingerprint density at radius 3 is 1.87 bits per heavy atom. The highest BCUT2D eigenvalue weighted by atomic mass is 16.3. The summed E-state index contributed by atoms with van der Waals surface area (Å²) in [6.45, 7) is 4.59. The largest absolute Gasteiger partial charge is 0.456 e. The standard InChI is InChI=1S/C48H32N4O/c1-48(2)39-19-11-9-17-33(39)34-23-21-30(25-40(34)48)46-49-45(29-13-5-3-6-14-29)50-47(51-46)31-22-24-36-38-27-37-35-18-10-12-20-41(35)52(32-15-7-4-8-16-32)42(37)28-44(38)53-43(36)26-31/h3-28H,1-2H3. The van der Waals surface area contributed by atoms with E-state index in [1.54, 1.807) is 0 Å². The van der Waals surface area contributed by atoms with Crippen LogP contribution in [0.25, 0.3) is 94.7 Å². The lowest BCUT2D eigenvalue weighted by Gasteiger charge is -2.21. The van der Waals surface area contributed by atoms with Crippen LogP contribution in [0.4, 0.5) is 0 Å². The zero-order chi connectivity index (χ0) is 35.3. The van der Waals surface area contributed by atoms with Crippen LogP contribution in [-0.2, 0) is 5.41 Å². The van der Waals surface area contributed by atoms with Crippen LogP contribution in [0.15, 0.2) is 162 Å². The average molecular weight is 681 g/mol. The van der Waals surface area contributed by atoms with E-state index in [2.05, 4.69) is 146 Å².